The van der Waals surface area contributed by atoms with Gasteiger partial charge >= 0.3 is 0 Å². The fourth-order valence-electron chi connectivity index (χ4n) is 2.86. The summed E-state index contributed by atoms with van der Waals surface area (Å²) in [5.41, 5.74) is 0. The number of aliphatic hydroxyl groups is 3. The van der Waals surface area contributed by atoms with Gasteiger partial charge in [-0.15, -0.1) is 6.58 Å². The monoisotopic (exact) mass is 328 g/mol. The highest BCUT2D eigenvalue weighted by Crippen LogP contribution is 2.36. The first-order chi connectivity index (χ1) is 10.8. The molecule has 0 heterocycles. The summed E-state index contributed by atoms with van der Waals surface area (Å²) in [4.78, 5) is 9.00. The van der Waals surface area contributed by atoms with Crippen molar-refractivity contribution >= 4 is 5.97 Å². The van der Waals surface area contributed by atoms with E-state index in [4.69, 9.17) is 9.90 Å². The van der Waals surface area contributed by atoms with Gasteiger partial charge in [0.05, 0.1) is 18.3 Å². The van der Waals surface area contributed by atoms with E-state index in [2.05, 4.69) is 13.5 Å². The molecule has 0 amide bonds. The second-order valence-corrected chi connectivity index (χ2v) is 6.10. The van der Waals surface area contributed by atoms with E-state index in [1.165, 1.54) is 0 Å². The lowest BCUT2D eigenvalue weighted by Gasteiger charge is -2.19. The number of aliphatic carboxylic acids is 1. The maximum absolute atomic E-state index is 9.96. The molecule has 5 heteroatoms. The summed E-state index contributed by atoms with van der Waals surface area (Å²) < 4.78 is 0. The van der Waals surface area contributed by atoms with Crippen LogP contribution in [0.3, 0.4) is 0 Å². The molecule has 1 saturated carbocycles. The topological polar surface area (TPSA) is 98.0 Å². The van der Waals surface area contributed by atoms with Crippen molar-refractivity contribution in [3.05, 3.63) is 24.8 Å². The van der Waals surface area contributed by atoms with E-state index in [-0.39, 0.29) is 11.8 Å². The maximum atomic E-state index is 9.96. The zero-order valence-electron chi connectivity index (χ0n) is 14.3. The Balaban J connectivity index is 0.00000108. The predicted molar refractivity (Wildman–Crippen MR) is 91.0 cm³/mol. The molecule has 0 aliphatic heterocycles. The van der Waals surface area contributed by atoms with E-state index >= 15 is 0 Å². The molecule has 5 nitrogen and oxygen atoms in total. The molecule has 134 valence electrons. The molecule has 0 aromatic rings. The van der Waals surface area contributed by atoms with Gasteiger partial charge in [-0.2, -0.15) is 0 Å². The van der Waals surface area contributed by atoms with Crippen molar-refractivity contribution in [1.82, 2.24) is 0 Å². The van der Waals surface area contributed by atoms with Gasteiger partial charge in [0.15, 0.2) is 0 Å². The molecule has 1 aliphatic rings. The maximum Gasteiger partial charge on any atom is 0.300 e. The summed E-state index contributed by atoms with van der Waals surface area (Å²) in [7, 11) is 0. The molecule has 4 N–H and O–H groups in total. The van der Waals surface area contributed by atoms with Gasteiger partial charge < -0.3 is 20.4 Å². The van der Waals surface area contributed by atoms with Crippen molar-refractivity contribution in [2.75, 3.05) is 0 Å². The highest BCUT2D eigenvalue weighted by atomic mass is 16.4. The molecule has 5 atom stereocenters. The average Bonchev–Trinajstić information content (AvgIpc) is 2.71. The Bertz CT molecular complexity index is 362. The number of carbonyl (C=O) groups is 1. The quantitative estimate of drug-likeness (QED) is 0.405. The third-order valence-corrected chi connectivity index (χ3v) is 4.01. The Hall–Kier alpha value is -1.17. The van der Waals surface area contributed by atoms with Gasteiger partial charge in [0.1, 0.15) is 0 Å². The number of allylic oxidation sites excluding steroid dienone is 1. The smallest absolute Gasteiger partial charge is 0.300 e. The molecule has 3 unspecified atom stereocenters. The van der Waals surface area contributed by atoms with E-state index in [0.29, 0.717) is 12.8 Å². The van der Waals surface area contributed by atoms with Crippen molar-refractivity contribution in [3.8, 4) is 0 Å². The molecule has 0 aromatic carbocycles. The van der Waals surface area contributed by atoms with Gasteiger partial charge in [-0.1, -0.05) is 44.4 Å². The van der Waals surface area contributed by atoms with Crippen LogP contribution in [0.4, 0.5) is 0 Å². The Morgan fingerprint density at radius 1 is 1.30 bits per heavy atom. The SMILES string of the molecule is C=CCC1C(O)C[C@H](O)[C@@H]1/C=C/C(O)CCCCC.CC(=O)O. The first kappa shape index (κ1) is 21.8. The lowest BCUT2D eigenvalue weighted by atomic mass is 9.90. The van der Waals surface area contributed by atoms with E-state index in [0.717, 1.165) is 32.6 Å². The van der Waals surface area contributed by atoms with Crippen LogP contribution in [0.25, 0.3) is 0 Å². The number of carboxylic acids is 1. The van der Waals surface area contributed by atoms with Crippen molar-refractivity contribution in [3.63, 3.8) is 0 Å². The van der Waals surface area contributed by atoms with Crippen LogP contribution in [0, 0.1) is 11.8 Å². The third-order valence-electron chi connectivity index (χ3n) is 4.01. The van der Waals surface area contributed by atoms with Gasteiger partial charge in [0.25, 0.3) is 5.97 Å². The van der Waals surface area contributed by atoms with Gasteiger partial charge in [-0.05, 0) is 18.8 Å². The van der Waals surface area contributed by atoms with Crippen LogP contribution in [0.5, 0.6) is 0 Å². The van der Waals surface area contributed by atoms with Gasteiger partial charge in [-0.3, -0.25) is 4.79 Å². The Morgan fingerprint density at radius 2 is 1.91 bits per heavy atom. The van der Waals surface area contributed by atoms with Gasteiger partial charge in [0, 0.05) is 19.3 Å². The molecule has 1 rings (SSSR count). The number of carboxylic acid groups (broad SMARTS) is 1. The highest BCUT2D eigenvalue weighted by molar-refractivity contribution is 5.62. The first-order valence-electron chi connectivity index (χ1n) is 8.36. The molecule has 0 aromatic heterocycles. The standard InChI is InChI=1S/C16H28O3.C2H4O2/c1-3-5-6-8-12(17)9-10-14-13(7-4-2)15(18)11-16(14)19;1-2(3)4/h4,9-10,12-19H,2-3,5-8,11H2,1H3;1H3,(H,3,4)/b10-9+;/t12?,13?,14-,15?,16+;/m1./s1. The van der Waals surface area contributed by atoms with Gasteiger partial charge in [0.2, 0.25) is 0 Å². The molecular formula is C18H32O5. The summed E-state index contributed by atoms with van der Waals surface area (Å²) in [5, 5.41) is 37.1. The van der Waals surface area contributed by atoms with Crippen LogP contribution in [-0.2, 0) is 4.79 Å². The second kappa shape index (κ2) is 12.3. The molecule has 0 radical (unpaired) electrons. The van der Waals surface area contributed by atoms with E-state index in [9.17, 15) is 15.3 Å². The molecule has 0 spiro atoms. The Morgan fingerprint density at radius 3 is 2.43 bits per heavy atom. The third kappa shape index (κ3) is 9.54. The first-order valence-corrected chi connectivity index (χ1v) is 8.36. The number of rotatable bonds is 8. The zero-order chi connectivity index (χ0) is 17.8. The molecule has 23 heavy (non-hydrogen) atoms. The van der Waals surface area contributed by atoms with Gasteiger partial charge in [-0.25, -0.2) is 0 Å². The summed E-state index contributed by atoms with van der Waals surface area (Å²) in [6.45, 7) is 6.92. The molecular weight excluding hydrogens is 296 g/mol. The average molecular weight is 328 g/mol. The summed E-state index contributed by atoms with van der Waals surface area (Å²) in [5.74, 6) is -0.889. The number of hydrogen-bond donors (Lipinski definition) is 4. The number of unbranched alkanes of at least 4 members (excludes halogenated alkanes) is 2. The molecule has 0 bridgehead atoms. The Labute approximate surface area is 139 Å². The van der Waals surface area contributed by atoms with Crippen molar-refractivity contribution < 1.29 is 25.2 Å². The molecule has 1 aliphatic carbocycles. The van der Waals surface area contributed by atoms with Crippen LogP contribution < -0.4 is 0 Å². The van der Waals surface area contributed by atoms with Crippen LogP contribution in [0.2, 0.25) is 0 Å². The lowest BCUT2D eigenvalue weighted by molar-refractivity contribution is -0.134. The second-order valence-electron chi connectivity index (χ2n) is 6.10. The fraction of sp³-hybridized carbons (Fsp3) is 0.722. The summed E-state index contributed by atoms with van der Waals surface area (Å²) >= 11 is 0. The zero-order valence-corrected chi connectivity index (χ0v) is 14.3. The van der Waals surface area contributed by atoms with Crippen LogP contribution in [-0.4, -0.2) is 44.7 Å². The van der Waals surface area contributed by atoms with E-state index in [1.807, 2.05) is 6.08 Å². The fourth-order valence-corrected chi connectivity index (χ4v) is 2.86. The molecule has 1 fully saturated rings. The number of aliphatic hydroxyl groups excluding tert-OH is 3. The predicted octanol–water partition coefficient (Wildman–Crippen LogP) is 2.51. The van der Waals surface area contributed by atoms with Crippen LogP contribution in [0.1, 0.15) is 52.4 Å². The molecule has 0 saturated heterocycles. The minimum absolute atomic E-state index is 0.0200. The highest BCUT2D eigenvalue weighted by Gasteiger charge is 2.39. The summed E-state index contributed by atoms with van der Waals surface area (Å²) in [6.07, 6.45) is 9.18. The van der Waals surface area contributed by atoms with E-state index in [1.54, 1.807) is 12.2 Å². The minimum atomic E-state index is -0.833. The van der Waals surface area contributed by atoms with Crippen LogP contribution >= 0.6 is 0 Å². The largest absolute Gasteiger partial charge is 0.481 e. The van der Waals surface area contributed by atoms with E-state index < -0.39 is 24.3 Å². The lowest BCUT2D eigenvalue weighted by Crippen LogP contribution is -2.20. The number of hydrogen-bond acceptors (Lipinski definition) is 4. The van der Waals surface area contributed by atoms with Crippen LogP contribution in [0.15, 0.2) is 24.8 Å². The Kier molecular flexibility index (Phi) is 11.7. The normalized spacial score (nSPS) is 28.2. The minimum Gasteiger partial charge on any atom is -0.481 e. The summed E-state index contributed by atoms with van der Waals surface area (Å²) in [6, 6.07) is 0. The van der Waals surface area contributed by atoms with Crippen molar-refractivity contribution in [1.29, 1.82) is 0 Å². The van der Waals surface area contributed by atoms with Crippen molar-refractivity contribution in [2.45, 2.75) is 70.7 Å². The van der Waals surface area contributed by atoms with Crippen molar-refractivity contribution in [2.24, 2.45) is 11.8 Å².